The van der Waals surface area contributed by atoms with Crippen LogP contribution in [-0.2, 0) is 14.3 Å². The molecule has 3 aliphatic rings. The second-order valence-electron chi connectivity index (χ2n) is 5.30. The van der Waals surface area contributed by atoms with Gasteiger partial charge in [0, 0.05) is 18.4 Å². The van der Waals surface area contributed by atoms with Crippen LogP contribution in [0.1, 0.15) is 26.2 Å². The number of ether oxygens (including phenoxy) is 2. The van der Waals surface area contributed by atoms with Crippen LogP contribution in [0.2, 0.25) is 0 Å². The molecule has 0 N–H and O–H groups in total. The minimum Gasteiger partial charge on any atom is -0.432 e. The molecule has 0 aromatic heterocycles. The summed E-state index contributed by atoms with van der Waals surface area (Å²) in [4.78, 5) is 12.9. The van der Waals surface area contributed by atoms with Crippen molar-refractivity contribution in [3.8, 4) is 6.07 Å². The Labute approximate surface area is 106 Å². The minimum absolute atomic E-state index is 0.256. The van der Waals surface area contributed by atoms with Crippen molar-refractivity contribution in [2.24, 2.45) is 5.41 Å². The highest BCUT2D eigenvalue weighted by Gasteiger charge is 2.65. The number of rotatable bonds is 2. The van der Waals surface area contributed by atoms with Crippen LogP contribution in [0.5, 0.6) is 0 Å². The lowest BCUT2D eigenvalue weighted by atomic mass is 9.68. The summed E-state index contributed by atoms with van der Waals surface area (Å²) in [6.07, 6.45) is 4.75. The van der Waals surface area contributed by atoms with Crippen LogP contribution in [-0.4, -0.2) is 36.2 Å². The second kappa shape index (κ2) is 3.99. The maximum absolute atomic E-state index is 10.8. The quantitative estimate of drug-likeness (QED) is 0.417. The number of nitriles is 1. The molecule has 18 heavy (non-hydrogen) atoms. The summed E-state index contributed by atoms with van der Waals surface area (Å²) in [5.41, 5.74) is 0.704. The summed E-state index contributed by atoms with van der Waals surface area (Å²) in [6, 6.07) is 2.80. The zero-order valence-corrected chi connectivity index (χ0v) is 10.4. The van der Waals surface area contributed by atoms with Crippen molar-refractivity contribution >= 4 is 5.97 Å². The molecule has 0 amide bonds. The van der Waals surface area contributed by atoms with Gasteiger partial charge in [0.1, 0.15) is 12.3 Å². The number of nitrogens with zero attached hydrogens (tertiary/aromatic N) is 2. The van der Waals surface area contributed by atoms with Gasteiger partial charge in [-0.25, -0.2) is 0 Å². The van der Waals surface area contributed by atoms with Gasteiger partial charge in [0.25, 0.3) is 0 Å². The second-order valence-corrected chi connectivity index (χ2v) is 5.30. The fourth-order valence-corrected chi connectivity index (χ4v) is 3.79. The van der Waals surface area contributed by atoms with Gasteiger partial charge in [-0.2, -0.15) is 5.26 Å². The van der Waals surface area contributed by atoms with Crippen LogP contribution in [0.15, 0.2) is 12.0 Å². The van der Waals surface area contributed by atoms with Crippen LogP contribution in [0.4, 0.5) is 0 Å². The Morgan fingerprint density at radius 1 is 1.61 bits per heavy atom. The summed E-state index contributed by atoms with van der Waals surface area (Å²) >= 11 is 0. The van der Waals surface area contributed by atoms with Gasteiger partial charge in [0.05, 0.1) is 19.3 Å². The first-order valence-electron chi connectivity index (χ1n) is 6.32. The summed E-state index contributed by atoms with van der Waals surface area (Å²) in [6.45, 7) is 2.82. The van der Waals surface area contributed by atoms with Crippen LogP contribution >= 0.6 is 0 Å². The van der Waals surface area contributed by atoms with Crippen molar-refractivity contribution in [3.05, 3.63) is 12.0 Å². The molecule has 2 aliphatic heterocycles. The Bertz CT molecular complexity index is 432. The van der Waals surface area contributed by atoms with E-state index in [9.17, 15) is 10.1 Å². The van der Waals surface area contributed by atoms with Crippen molar-refractivity contribution < 1.29 is 14.3 Å². The average Bonchev–Trinajstić information content (AvgIpc) is 2.88. The molecule has 1 saturated carbocycles. The van der Waals surface area contributed by atoms with Gasteiger partial charge in [-0.1, -0.05) is 6.42 Å². The third-order valence-corrected chi connectivity index (χ3v) is 4.49. The third kappa shape index (κ3) is 1.39. The number of allylic oxidation sites excluding steroid dienone is 1. The van der Waals surface area contributed by atoms with E-state index in [1.165, 1.54) is 26.0 Å². The van der Waals surface area contributed by atoms with E-state index >= 15 is 0 Å². The van der Waals surface area contributed by atoms with Crippen LogP contribution in [0.3, 0.4) is 0 Å². The molecule has 3 fully saturated rings. The van der Waals surface area contributed by atoms with E-state index in [1.807, 2.05) is 0 Å². The van der Waals surface area contributed by atoms with Gasteiger partial charge in [0.15, 0.2) is 5.70 Å². The number of hydrogen-bond donors (Lipinski definition) is 0. The number of likely N-dealkylation sites (tertiary alicyclic amines) is 1. The maximum atomic E-state index is 10.8. The topological polar surface area (TPSA) is 62.6 Å². The molecule has 3 unspecified atom stereocenters. The molecule has 3 atom stereocenters. The monoisotopic (exact) mass is 248 g/mol. The fraction of sp³-hybridized carbons (Fsp3) is 0.692. The van der Waals surface area contributed by atoms with Gasteiger partial charge in [-0.15, -0.1) is 0 Å². The van der Waals surface area contributed by atoms with Crippen LogP contribution < -0.4 is 0 Å². The molecule has 96 valence electrons. The van der Waals surface area contributed by atoms with E-state index in [-0.39, 0.29) is 11.5 Å². The van der Waals surface area contributed by atoms with E-state index in [0.29, 0.717) is 18.3 Å². The fourth-order valence-electron chi connectivity index (χ4n) is 3.79. The first-order chi connectivity index (χ1) is 8.69. The number of carbonyl (C=O) groups is 1. The number of hydrogen-bond acceptors (Lipinski definition) is 5. The molecule has 1 aliphatic carbocycles. The maximum Gasteiger partial charge on any atom is 0.307 e. The molecule has 0 bridgehead atoms. The molecular formula is C13H16N2O3. The molecule has 0 aromatic carbocycles. The summed E-state index contributed by atoms with van der Waals surface area (Å²) in [5, 5.41) is 9.22. The van der Waals surface area contributed by atoms with Gasteiger partial charge in [0.2, 0.25) is 0 Å². The van der Waals surface area contributed by atoms with Gasteiger partial charge >= 0.3 is 5.97 Å². The Balaban J connectivity index is 1.83. The highest BCUT2D eigenvalue weighted by atomic mass is 16.5. The predicted octanol–water partition coefficient (Wildman–Crippen LogP) is 1.17. The van der Waals surface area contributed by atoms with E-state index < -0.39 is 5.97 Å². The summed E-state index contributed by atoms with van der Waals surface area (Å²) in [7, 11) is 0. The molecule has 2 saturated heterocycles. The first kappa shape index (κ1) is 11.5. The zero-order chi connectivity index (χ0) is 12.8. The first-order valence-corrected chi connectivity index (χ1v) is 6.32. The molecule has 5 nitrogen and oxygen atoms in total. The highest BCUT2D eigenvalue weighted by Crippen LogP contribution is 2.58. The van der Waals surface area contributed by atoms with Gasteiger partial charge in [-0.05, 0) is 12.8 Å². The van der Waals surface area contributed by atoms with Crippen LogP contribution in [0.25, 0.3) is 0 Å². The van der Waals surface area contributed by atoms with Gasteiger partial charge in [-0.3, -0.25) is 4.79 Å². The van der Waals surface area contributed by atoms with Gasteiger partial charge < -0.3 is 14.4 Å². The van der Waals surface area contributed by atoms with Crippen molar-refractivity contribution in [3.63, 3.8) is 0 Å². The predicted molar refractivity (Wildman–Crippen MR) is 62.0 cm³/mol. The molecule has 0 aromatic rings. The Hall–Kier alpha value is -1.54. The zero-order valence-electron chi connectivity index (χ0n) is 10.4. The highest BCUT2D eigenvalue weighted by molar-refractivity contribution is 5.66. The number of carbonyl (C=O) groups excluding carboxylic acids is 1. The molecule has 2 heterocycles. The smallest absolute Gasteiger partial charge is 0.307 e. The minimum atomic E-state index is -0.399. The molecule has 1 spiro atoms. The Morgan fingerprint density at radius 3 is 3.17 bits per heavy atom. The average molecular weight is 248 g/mol. The molecule has 5 heteroatoms. The van der Waals surface area contributed by atoms with Crippen LogP contribution in [0, 0.1) is 16.7 Å². The van der Waals surface area contributed by atoms with Crippen molar-refractivity contribution in [2.75, 3.05) is 13.2 Å². The van der Waals surface area contributed by atoms with Crippen molar-refractivity contribution in [1.82, 2.24) is 4.90 Å². The van der Waals surface area contributed by atoms with E-state index in [1.54, 1.807) is 0 Å². The summed E-state index contributed by atoms with van der Waals surface area (Å²) in [5.74, 6) is -0.399. The van der Waals surface area contributed by atoms with Crippen molar-refractivity contribution in [1.29, 1.82) is 5.26 Å². The third-order valence-electron chi connectivity index (χ3n) is 4.49. The SMILES string of the molecule is CC(=O)O/C=C(\C#N)N1C2CCCC23COCC13. The lowest BCUT2D eigenvalue weighted by Gasteiger charge is -2.57. The molecular weight excluding hydrogens is 232 g/mol. The number of esters is 1. The summed E-state index contributed by atoms with van der Waals surface area (Å²) < 4.78 is 10.4. The van der Waals surface area contributed by atoms with E-state index in [4.69, 9.17) is 9.47 Å². The van der Waals surface area contributed by atoms with E-state index in [0.717, 1.165) is 13.0 Å². The lowest BCUT2D eigenvalue weighted by molar-refractivity contribution is -0.135. The largest absolute Gasteiger partial charge is 0.432 e. The Kier molecular flexibility index (Phi) is 2.56. The standard InChI is InChI=1S/C13H16N2O3/c1-9(16)18-6-10(5-14)15-11-3-2-4-13(11)8-17-7-12(13)15/h6,11-12H,2-4,7-8H2,1H3/b10-6+. The lowest BCUT2D eigenvalue weighted by Crippen LogP contribution is -2.67. The Morgan fingerprint density at radius 2 is 2.44 bits per heavy atom. The normalized spacial score (nSPS) is 37.6. The van der Waals surface area contributed by atoms with Crippen molar-refractivity contribution in [2.45, 2.75) is 38.3 Å². The molecule has 3 rings (SSSR count). The molecule has 0 radical (unpaired) electrons. The van der Waals surface area contributed by atoms with E-state index in [2.05, 4.69) is 11.0 Å².